The highest BCUT2D eigenvalue weighted by atomic mass is 32.2. The van der Waals surface area contributed by atoms with Crippen molar-refractivity contribution in [2.24, 2.45) is 0 Å². The number of ether oxygens (including phenoxy) is 1. The van der Waals surface area contributed by atoms with Crippen molar-refractivity contribution in [3.05, 3.63) is 35.7 Å². The second kappa shape index (κ2) is 8.53. The van der Waals surface area contributed by atoms with E-state index in [4.69, 9.17) is 9.15 Å². The van der Waals surface area contributed by atoms with Crippen molar-refractivity contribution in [2.75, 3.05) is 31.6 Å². The van der Waals surface area contributed by atoms with Crippen molar-refractivity contribution in [2.45, 2.75) is 24.3 Å². The number of rotatable bonds is 6. The number of likely N-dealkylation sites (tertiary alicyclic amines) is 1. The number of anilines is 1. The molecule has 0 aliphatic carbocycles. The molecule has 4 rings (SSSR count). The van der Waals surface area contributed by atoms with Gasteiger partial charge < -0.3 is 9.15 Å². The summed E-state index contributed by atoms with van der Waals surface area (Å²) >= 11 is 0. The van der Waals surface area contributed by atoms with E-state index in [0.717, 1.165) is 4.90 Å². The van der Waals surface area contributed by atoms with Gasteiger partial charge in [0.25, 0.3) is 5.91 Å². The van der Waals surface area contributed by atoms with Crippen LogP contribution in [0.1, 0.15) is 29.1 Å². The molecule has 2 fully saturated rings. The number of carbonyl (C=O) groups excluding carboxylic acids is 3. The lowest BCUT2D eigenvalue weighted by Crippen LogP contribution is -2.40. The fourth-order valence-electron chi connectivity index (χ4n) is 3.19. The van der Waals surface area contributed by atoms with Crippen molar-refractivity contribution in [3.8, 4) is 0 Å². The summed E-state index contributed by atoms with van der Waals surface area (Å²) in [4.78, 5) is 36.8. The first-order valence-electron chi connectivity index (χ1n) is 9.49. The third-order valence-corrected chi connectivity index (χ3v) is 6.77. The van der Waals surface area contributed by atoms with Crippen LogP contribution in [0.5, 0.6) is 0 Å². The second-order valence-electron chi connectivity index (χ2n) is 6.87. The SMILES string of the molecule is O=C(Nc1nnc(CN2C(=O)CCC2=O)o1)c1ccc(S(=O)(=O)N2CCOCC2)cc1. The number of nitrogens with one attached hydrogen (secondary N) is 1. The second-order valence-corrected chi connectivity index (χ2v) is 8.81. The molecule has 2 saturated heterocycles. The Balaban J connectivity index is 1.39. The van der Waals surface area contributed by atoms with Crippen LogP contribution in [-0.4, -0.2) is 71.8 Å². The molecular weight excluding hydrogens is 430 g/mol. The van der Waals surface area contributed by atoms with Gasteiger partial charge in [0.2, 0.25) is 27.7 Å². The van der Waals surface area contributed by atoms with Gasteiger partial charge in [-0.15, -0.1) is 5.10 Å². The summed E-state index contributed by atoms with van der Waals surface area (Å²) < 4.78 is 37.1. The topological polar surface area (TPSA) is 152 Å². The number of amides is 3. The first kappa shape index (κ1) is 21.1. The lowest BCUT2D eigenvalue weighted by Gasteiger charge is -2.26. The summed E-state index contributed by atoms with van der Waals surface area (Å²) in [5, 5.41) is 9.80. The normalized spacial score (nSPS) is 17.9. The van der Waals surface area contributed by atoms with E-state index >= 15 is 0 Å². The van der Waals surface area contributed by atoms with Crippen LogP contribution in [-0.2, 0) is 30.9 Å². The maximum absolute atomic E-state index is 12.6. The highest BCUT2D eigenvalue weighted by Crippen LogP contribution is 2.19. The molecule has 0 unspecified atom stereocenters. The van der Waals surface area contributed by atoms with Crippen molar-refractivity contribution >= 4 is 33.8 Å². The Bertz CT molecular complexity index is 1090. The fourth-order valence-corrected chi connectivity index (χ4v) is 4.59. The number of hydrogen-bond acceptors (Lipinski definition) is 9. The van der Waals surface area contributed by atoms with Crippen molar-refractivity contribution in [1.82, 2.24) is 19.4 Å². The van der Waals surface area contributed by atoms with E-state index in [1.54, 1.807) is 0 Å². The van der Waals surface area contributed by atoms with Gasteiger partial charge in [-0.2, -0.15) is 4.31 Å². The van der Waals surface area contributed by atoms with Crippen LogP contribution in [0, 0.1) is 0 Å². The minimum absolute atomic E-state index is 0.00542. The molecule has 0 spiro atoms. The van der Waals surface area contributed by atoms with Gasteiger partial charge in [0.1, 0.15) is 6.54 Å². The van der Waals surface area contributed by atoms with Gasteiger partial charge in [-0.1, -0.05) is 5.10 Å². The van der Waals surface area contributed by atoms with Crippen molar-refractivity contribution in [1.29, 1.82) is 0 Å². The minimum Gasteiger partial charge on any atom is -0.406 e. The summed E-state index contributed by atoms with van der Waals surface area (Å²) in [6.45, 7) is 1.07. The quantitative estimate of drug-likeness (QED) is 0.600. The van der Waals surface area contributed by atoms with Crippen LogP contribution in [0.2, 0.25) is 0 Å². The molecule has 0 radical (unpaired) electrons. The van der Waals surface area contributed by atoms with E-state index in [2.05, 4.69) is 15.5 Å². The molecule has 2 aromatic rings. The highest BCUT2D eigenvalue weighted by Gasteiger charge is 2.30. The predicted molar refractivity (Wildman–Crippen MR) is 103 cm³/mol. The van der Waals surface area contributed by atoms with Crippen LogP contribution in [0.3, 0.4) is 0 Å². The molecule has 12 nitrogen and oxygen atoms in total. The summed E-state index contributed by atoms with van der Waals surface area (Å²) in [5.41, 5.74) is 0.186. The molecule has 0 bridgehead atoms. The molecule has 164 valence electrons. The molecule has 2 aliphatic rings. The Hall–Kier alpha value is -3.16. The minimum atomic E-state index is -3.66. The number of hydrogen-bond donors (Lipinski definition) is 1. The van der Waals surface area contributed by atoms with E-state index in [-0.39, 0.29) is 66.7 Å². The van der Waals surface area contributed by atoms with Gasteiger partial charge in [0, 0.05) is 31.5 Å². The maximum atomic E-state index is 12.6. The molecule has 1 N–H and O–H groups in total. The van der Waals surface area contributed by atoms with Crippen LogP contribution in [0.25, 0.3) is 0 Å². The molecule has 0 saturated carbocycles. The molecule has 31 heavy (non-hydrogen) atoms. The lowest BCUT2D eigenvalue weighted by molar-refractivity contribution is -0.139. The Labute approximate surface area is 177 Å². The Kier molecular flexibility index (Phi) is 5.80. The number of aromatic nitrogens is 2. The zero-order valence-corrected chi connectivity index (χ0v) is 17.1. The summed E-state index contributed by atoms with van der Waals surface area (Å²) in [6, 6.07) is 5.25. The monoisotopic (exact) mass is 449 g/mol. The standard InChI is InChI=1S/C18H19N5O7S/c24-15-5-6-16(25)23(15)11-14-20-21-18(30-14)19-17(26)12-1-3-13(4-2-12)31(27,28)22-7-9-29-10-8-22/h1-4H,5-11H2,(H,19,21,26). The summed E-state index contributed by atoms with van der Waals surface area (Å²) in [7, 11) is -3.66. The van der Waals surface area contributed by atoms with Gasteiger partial charge in [-0.05, 0) is 24.3 Å². The molecule has 13 heteroatoms. The number of carbonyl (C=O) groups is 3. The van der Waals surface area contributed by atoms with Gasteiger partial charge in [-0.25, -0.2) is 8.42 Å². The number of imide groups is 1. The zero-order valence-electron chi connectivity index (χ0n) is 16.3. The van der Waals surface area contributed by atoms with E-state index < -0.39 is 15.9 Å². The van der Waals surface area contributed by atoms with Crippen molar-refractivity contribution < 1.29 is 32.0 Å². The number of sulfonamides is 1. The zero-order chi connectivity index (χ0) is 22.0. The maximum Gasteiger partial charge on any atom is 0.322 e. The third kappa shape index (κ3) is 4.47. The molecular formula is C18H19N5O7S. The van der Waals surface area contributed by atoms with Crippen LogP contribution in [0.4, 0.5) is 6.01 Å². The van der Waals surface area contributed by atoms with E-state index in [9.17, 15) is 22.8 Å². The number of benzene rings is 1. The number of nitrogens with zero attached hydrogens (tertiary/aromatic N) is 4. The Morgan fingerprint density at radius 1 is 1.03 bits per heavy atom. The van der Waals surface area contributed by atoms with Crippen molar-refractivity contribution in [3.63, 3.8) is 0 Å². The predicted octanol–water partition coefficient (Wildman–Crippen LogP) is -0.00820. The van der Waals surface area contributed by atoms with Crippen LogP contribution in [0.15, 0.2) is 33.6 Å². The summed E-state index contributed by atoms with van der Waals surface area (Å²) in [6.07, 6.45) is 0.293. The van der Waals surface area contributed by atoms with Gasteiger partial charge in [0.15, 0.2) is 0 Å². The first-order chi connectivity index (χ1) is 14.8. The molecule has 1 aromatic heterocycles. The summed E-state index contributed by atoms with van der Waals surface area (Å²) in [5.74, 6) is -1.22. The Morgan fingerprint density at radius 2 is 1.68 bits per heavy atom. The average molecular weight is 449 g/mol. The molecule has 1 aromatic carbocycles. The van der Waals surface area contributed by atoms with Gasteiger partial charge >= 0.3 is 6.01 Å². The van der Waals surface area contributed by atoms with Gasteiger partial charge in [-0.3, -0.25) is 24.6 Å². The van der Waals surface area contributed by atoms with Gasteiger partial charge in [0.05, 0.1) is 18.1 Å². The first-order valence-corrected chi connectivity index (χ1v) is 10.9. The number of morpholine rings is 1. The average Bonchev–Trinajstić information content (AvgIpc) is 3.35. The van der Waals surface area contributed by atoms with E-state index in [1.165, 1.54) is 28.6 Å². The third-order valence-electron chi connectivity index (χ3n) is 4.86. The molecule has 3 amide bonds. The van der Waals surface area contributed by atoms with Crippen LogP contribution >= 0.6 is 0 Å². The fraction of sp³-hybridized carbons (Fsp3) is 0.389. The highest BCUT2D eigenvalue weighted by molar-refractivity contribution is 7.89. The smallest absolute Gasteiger partial charge is 0.322 e. The molecule has 2 aliphatic heterocycles. The van der Waals surface area contributed by atoms with E-state index in [0.29, 0.717) is 13.2 Å². The largest absolute Gasteiger partial charge is 0.406 e. The Morgan fingerprint density at radius 3 is 2.32 bits per heavy atom. The molecule has 3 heterocycles. The van der Waals surface area contributed by atoms with E-state index in [1.807, 2.05) is 0 Å². The lowest BCUT2D eigenvalue weighted by atomic mass is 10.2. The van der Waals surface area contributed by atoms with Crippen LogP contribution < -0.4 is 5.32 Å². The molecule has 0 atom stereocenters.